The predicted molar refractivity (Wildman–Crippen MR) is 74.0 cm³/mol. The van der Waals surface area contributed by atoms with Gasteiger partial charge >= 0.3 is 5.97 Å². The molecule has 1 atom stereocenters. The monoisotopic (exact) mass is 280 g/mol. The Balaban J connectivity index is 2.15. The van der Waals surface area contributed by atoms with Crippen LogP contribution < -0.4 is 10.6 Å². The van der Waals surface area contributed by atoms with Gasteiger partial charge in [0.1, 0.15) is 11.9 Å². The number of carbonyl (C=O) groups excluding carboxylic acids is 1. The van der Waals surface area contributed by atoms with Crippen LogP contribution in [0.2, 0.25) is 0 Å². The molecule has 0 radical (unpaired) electrons. The highest BCUT2D eigenvalue weighted by Gasteiger charge is 2.32. The van der Waals surface area contributed by atoms with Crippen LogP contribution in [0.25, 0.3) is 0 Å². The molecular weight excluding hydrogens is 260 g/mol. The first kappa shape index (κ1) is 14.4. The topological polar surface area (TPSA) is 97.5 Å². The molecule has 1 unspecified atom stereocenters. The van der Waals surface area contributed by atoms with Crippen molar-refractivity contribution in [3.63, 3.8) is 0 Å². The first-order valence-electron chi connectivity index (χ1n) is 6.51. The number of likely N-dealkylation sites (tertiary alicyclic amines) is 1. The summed E-state index contributed by atoms with van der Waals surface area (Å²) in [5.41, 5.74) is 5.69. The van der Waals surface area contributed by atoms with Crippen LogP contribution >= 0.6 is 0 Å². The van der Waals surface area contributed by atoms with Crippen molar-refractivity contribution in [2.75, 3.05) is 38.4 Å². The van der Waals surface area contributed by atoms with Crippen molar-refractivity contribution < 1.29 is 9.53 Å². The number of nitrogens with two attached hydrogens (primary N) is 1. The van der Waals surface area contributed by atoms with Gasteiger partial charge in [0.05, 0.1) is 13.7 Å². The predicted octanol–water partition coefficient (Wildman–Crippen LogP) is -0.343. The molecule has 1 aliphatic rings. The number of ether oxygens (including phenoxy) is 1. The average Bonchev–Trinajstić information content (AvgIpc) is 2.85. The number of carbonyl (C=O) groups is 1. The van der Waals surface area contributed by atoms with Gasteiger partial charge in [-0.1, -0.05) is 0 Å². The highest BCUT2D eigenvalue weighted by molar-refractivity contribution is 5.75. The second-order valence-corrected chi connectivity index (χ2v) is 4.96. The summed E-state index contributed by atoms with van der Waals surface area (Å²) in [6, 6.07) is -0.221. The van der Waals surface area contributed by atoms with Crippen molar-refractivity contribution >= 4 is 17.9 Å². The Kier molecular flexibility index (Phi) is 4.33. The number of hydrogen-bond donors (Lipinski definition) is 1. The van der Waals surface area contributed by atoms with Crippen LogP contribution in [0.1, 0.15) is 18.7 Å². The fraction of sp³-hybridized carbons (Fsp3) is 0.667. The van der Waals surface area contributed by atoms with Crippen molar-refractivity contribution in [1.82, 2.24) is 19.9 Å². The number of rotatable bonds is 4. The molecule has 0 saturated carbocycles. The summed E-state index contributed by atoms with van der Waals surface area (Å²) in [7, 11) is 5.08. The van der Waals surface area contributed by atoms with E-state index in [4.69, 9.17) is 10.5 Å². The van der Waals surface area contributed by atoms with Crippen molar-refractivity contribution in [3.8, 4) is 0 Å². The molecule has 1 aromatic heterocycles. The molecule has 2 rings (SSSR count). The Hall–Kier alpha value is -1.96. The summed E-state index contributed by atoms with van der Waals surface area (Å²) in [5.74, 6) is 1.06. The maximum Gasteiger partial charge on any atom is 0.323 e. The van der Waals surface area contributed by atoms with Gasteiger partial charge in [0.15, 0.2) is 0 Å². The van der Waals surface area contributed by atoms with Gasteiger partial charge in [-0.25, -0.2) is 0 Å². The lowest BCUT2D eigenvalue weighted by Gasteiger charge is -2.21. The van der Waals surface area contributed by atoms with E-state index < -0.39 is 0 Å². The molecule has 8 heteroatoms. The second-order valence-electron chi connectivity index (χ2n) is 4.96. The van der Waals surface area contributed by atoms with Gasteiger partial charge in [-0.15, -0.1) is 0 Å². The molecule has 2 N–H and O–H groups in total. The smallest absolute Gasteiger partial charge is 0.323 e. The molecule has 1 aromatic rings. The van der Waals surface area contributed by atoms with E-state index in [1.165, 1.54) is 7.11 Å². The normalized spacial score (nSPS) is 19.1. The quantitative estimate of drug-likeness (QED) is 0.748. The number of hydrogen-bond acceptors (Lipinski definition) is 8. The largest absolute Gasteiger partial charge is 0.468 e. The molecule has 0 spiro atoms. The van der Waals surface area contributed by atoms with Gasteiger partial charge in [0.25, 0.3) is 0 Å². The van der Waals surface area contributed by atoms with Crippen LogP contribution in [0, 0.1) is 0 Å². The van der Waals surface area contributed by atoms with Crippen LogP contribution in [-0.2, 0) is 16.1 Å². The number of anilines is 2. The zero-order chi connectivity index (χ0) is 14.7. The maximum absolute atomic E-state index is 11.7. The molecular formula is C12H20N6O2. The van der Waals surface area contributed by atoms with Crippen LogP contribution in [0.4, 0.5) is 11.9 Å². The Morgan fingerprint density at radius 1 is 1.45 bits per heavy atom. The standard InChI is InChI=1S/C12H20N6O2/c1-17(2)12-15-9(14-11(13)16-12)7-18-6-4-5-8(18)10(19)20-3/h8H,4-7H2,1-3H3,(H2,13,14,15,16). The summed E-state index contributed by atoms with van der Waals surface area (Å²) in [6.45, 7) is 1.29. The minimum absolute atomic E-state index is 0.188. The molecule has 20 heavy (non-hydrogen) atoms. The summed E-state index contributed by atoms with van der Waals surface area (Å²) < 4.78 is 4.82. The minimum atomic E-state index is -0.221. The van der Waals surface area contributed by atoms with Gasteiger partial charge in [-0.3, -0.25) is 9.69 Å². The third-order valence-corrected chi connectivity index (χ3v) is 3.27. The Morgan fingerprint density at radius 2 is 2.20 bits per heavy atom. The van der Waals surface area contributed by atoms with Crippen LogP contribution in [-0.4, -0.2) is 59.6 Å². The highest BCUT2D eigenvalue weighted by atomic mass is 16.5. The van der Waals surface area contributed by atoms with Crippen molar-refractivity contribution in [3.05, 3.63) is 5.82 Å². The van der Waals surface area contributed by atoms with E-state index in [9.17, 15) is 4.79 Å². The fourth-order valence-corrected chi connectivity index (χ4v) is 2.30. The first-order valence-corrected chi connectivity index (χ1v) is 6.51. The molecule has 1 fully saturated rings. The second kappa shape index (κ2) is 6.00. The van der Waals surface area contributed by atoms with Gasteiger partial charge in [-0.05, 0) is 19.4 Å². The average molecular weight is 280 g/mol. The highest BCUT2D eigenvalue weighted by Crippen LogP contribution is 2.20. The number of nitrogens with zero attached hydrogens (tertiary/aromatic N) is 5. The third-order valence-electron chi connectivity index (χ3n) is 3.27. The van der Waals surface area contributed by atoms with Crippen LogP contribution in [0.5, 0.6) is 0 Å². The summed E-state index contributed by atoms with van der Waals surface area (Å²) in [6.07, 6.45) is 1.76. The molecule has 8 nitrogen and oxygen atoms in total. The van der Waals surface area contributed by atoms with Gasteiger partial charge in [-0.2, -0.15) is 15.0 Å². The molecule has 0 amide bonds. The van der Waals surface area contributed by atoms with E-state index >= 15 is 0 Å². The van der Waals surface area contributed by atoms with E-state index in [1.807, 2.05) is 19.0 Å². The van der Waals surface area contributed by atoms with Gasteiger partial charge < -0.3 is 15.4 Å². The molecule has 0 aromatic carbocycles. The third kappa shape index (κ3) is 3.13. The van der Waals surface area contributed by atoms with E-state index in [2.05, 4.69) is 15.0 Å². The molecule has 1 saturated heterocycles. The molecule has 2 heterocycles. The Bertz CT molecular complexity index is 493. The SMILES string of the molecule is COC(=O)C1CCCN1Cc1nc(N)nc(N(C)C)n1. The molecule has 110 valence electrons. The van der Waals surface area contributed by atoms with Crippen LogP contribution in [0.3, 0.4) is 0 Å². The first-order chi connectivity index (χ1) is 9.51. The number of methoxy groups -OCH3 is 1. The number of nitrogen functional groups attached to an aromatic ring is 1. The van der Waals surface area contributed by atoms with Gasteiger partial charge in [0.2, 0.25) is 11.9 Å². The lowest BCUT2D eigenvalue weighted by Crippen LogP contribution is -2.37. The zero-order valence-electron chi connectivity index (χ0n) is 12.0. The summed E-state index contributed by atoms with van der Waals surface area (Å²) in [5, 5.41) is 0. The van der Waals surface area contributed by atoms with E-state index in [1.54, 1.807) is 4.90 Å². The van der Waals surface area contributed by atoms with Crippen molar-refractivity contribution in [2.24, 2.45) is 0 Å². The van der Waals surface area contributed by atoms with Crippen molar-refractivity contribution in [2.45, 2.75) is 25.4 Å². The zero-order valence-corrected chi connectivity index (χ0v) is 12.0. The van der Waals surface area contributed by atoms with E-state index in [0.29, 0.717) is 18.3 Å². The van der Waals surface area contributed by atoms with E-state index in [-0.39, 0.29) is 18.0 Å². The summed E-state index contributed by atoms with van der Waals surface area (Å²) >= 11 is 0. The lowest BCUT2D eigenvalue weighted by molar-refractivity contribution is -0.146. The number of esters is 1. The maximum atomic E-state index is 11.7. The van der Waals surface area contributed by atoms with Gasteiger partial charge in [0, 0.05) is 14.1 Å². The lowest BCUT2D eigenvalue weighted by atomic mass is 10.2. The summed E-state index contributed by atoms with van der Waals surface area (Å²) in [4.78, 5) is 28.0. The minimum Gasteiger partial charge on any atom is -0.468 e. The molecule has 0 bridgehead atoms. The van der Waals surface area contributed by atoms with Crippen molar-refractivity contribution in [1.29, 1.82) is 0 Å². The van der Waals surface area contributed by atoms with E-state index in [0.717, 1.165) is 19.4 Å². The Labute approximate surface area is 118 Å². The fourth-order valence-electron chi connectivity index (χ4n) is 2.30. The number of aromatic nitrogens is 3. The molecule has 0 aliphatic carbocycles. The van der Waals surface area contributed by atoms with Crippen LogP contribution in [0.15, 0.2) is 0 Å². The Morgan fingerprint density at radius 3 is 2.85 bits per heavy atom. The molecule has 1 aliphatic heterocycles.